The summed E-state index contributed by atoms with van der Waals surface area (Å²) < 4.78 is 18.4. The molecule has 0 heterocycles. The number of benzene rings is 2. The van der Waals surface area contributed by atoms with E-state index in [2.05, 4.69) is 5.32 Å². The van der Waals surface area contributed by atoms with E-state index in [4.69, 9.17) is 4.74 Å². The summed E-state index contributed by atoms with van der Waals surface area (Å²) in [4.78, 5) is 26.0. The van der Waals surface area contributed by atoms with Crippen molar-refractivity contribution in [3.05, 3.63) is 71.6 Å². The molecule has 1 N–H and O–H groups in total. The van der Waals surface area contributed by atoms with Crippen molar-refractivity contribution in [3.63, 3.8) is 0 Å². The Bertz CT molecular complexity index is 819. The van der Waals surface area contributed by atoms with Gasteiger partial charge in [0.05, 0.1) is 13.2 Å². The van der Waals surface area contributed by atoms with Gasteiger partial charge in [-0.25, -0.2) is 4.39 Å². The van der Waals surface area contributed by atoms with Crippen molar-refractivity contribution in [1.29, 1.82) is 0 Å². The number of rotatable bonds is 9. The third-order valence-corrected chi connectivity index (χ3v) is 4.06. The molecule has 0 atom stereocenters. The summed E-state index contributed by atoms with van der Waals surface area (Å²) in [5, 5.41) is 2.74. The van der Waals surface area contributed by atoms with Crippen LogP contribution < -0.4 is 10.1 Å². The number of carbonyl (C=O) groups excluding carboxylic acids is 2. The normalized spacial score (nSPS) is 10.7. The Morgan fingerprint density at radius 3 is 2.50 bits per heavy atom. The monoisotopic (exact) mass is 384 g/mol. The highest BCUT2D eigenvalue weighted by Gasteiger charge is 2.13. The quantitative estimate of drug-likeness (QED) is 0.674. The lowest BCUT2D eigenvalue weighted by atomic mass is 10.2. The minimum absolute atomic E-state index is 0.0476. The molecule has 2 aromatic rings. The van der Waals surface area contributed by atoms with Crippen LogP contribution in [0.3, 0.4) is 0 Å². The number of para-hydroxylation sites is 1. The van der Waals surface area contributed by atoms with Crippen LogP contribution in [-0.4, -0.2) is 36.4 Å². The molecule has 0 aliphatic heterocycles. The molecule has 0 saturated carbocycles. The second-order valence-electron chi connectivity index (χ2n) is 6.06. The Labute approximate surface area is 164 Å². The Hall–Kier alpha value is -3.15. The Balaban J connectivity index is 1.91. The minimum atomic E-state index is -0.324. The highest BCUT2D eigenvalue weighted by atomic mass is 19.1. The molecule has 2 aromatic carbocycles. The van der Waals surface area contributed by atoms with E-state index in [0.717, 1.165) is 11.1 Å². The van der Waals surface area contributed by atoms with E-state index >= 15 is 0 Å². The summed E-state index contributed by atoms with van der Waals surface area (Å²) in [6.45, 7) is 4.88. The first-order valence-electron chi connectivity index (χ1n) is 9.23. The predicted octanol–water partition coefficient (Wildman–Crippen LogP) is 3.40. The van der Waals surface area contributed by atoms with Gasteiger partial charge >= 0.3 is 0 Å². The number of hydrogen-bond donors (Lipinski definition) is 1. The van der Waals surface area contributed by atoms with Gasteiger partial charge in [-0.1, -0.05) is 30.3 Å². The molecule has 0 aliphatic rings. The fourth-order valence-electron chi connectivity index (χ4n) is 2.55. The lowest BCUT2D eigenvalue weighted by molar-refractivity contribution is -0.132. The summed E-state index contributed by atoms with van der Waals surface area (Å²) in [6.07, 6.45) is 3.13. The first-order valence-corrected chi connectivity index (χ1v) is 9.23. The summed E-state index contributed by atoms with van der Waals surface area (Å²) >= 11 is 0. The highest BCUT2D eigenvalue weighted by molar-refractivity contribution is 5.94. The molecule has 0 unspecified atom stereocenters. The predicted molar refractivity (Wildman–Crippen MR) is 107 cm³/mol. The fraction of sp³-hybridized carbons (Fsp3) is 0.273. The smallest absolute Gasteiger partial charge is 0.247 e. The van der Waals surface area contributed by atoms with Crippen LogP contribution in [0.2, 0.25) is 0 Å². The van der Waals surface area contributed by atoms with E-state index < -0.39 is 0 Å². The molecule has 0 aliphatic carbocycles. The van der Waals surface area contributed by atoms with Gasteiger partial charge < -0.3 is 15.0 Å². The number of ether oxygens (including phenoxy) is 1. The molecule has 5 nitrogen and oxygen atoms in total. The Kier molecular flexibility index (Phi) is 8.21. The van der Waals surface area contributed by atoms with Crippen LogP contribution >= 0.6 is 0 Å². The van der Waals surface area contributed by atoms with Gasteiger partial charge in [0, 0.05) is 24.7 Å². The Morgan fingerprint density at radius 2 is 1.82 bits per heavy atom. The van der Waals surface area contributed by atoms with Crippen LogP contribution in [0.1, 0.15) is 25.0 Å². The number of nitrogens with zero attached hydrogens (tertiary/aromatic N) is 1. The van der Waals surface area contributed by atoms with Crippen LogP contribution in [0.5, 0.6) is 5.75 Å². The lowest BCUT2D eigenvalue weighted by Gasteiger charge is -2.18. The second kappa shape index (κ2) is 10.9. The van der Waals surface area contributed by atoms with Crippen molar-refractivity contribution in [2.24, 2.45) is 0 Å². The molecule has 2 amide bonds. The van der Waals surface area contributed by atoms with E-state index in [9.17, 15) is 14.0 Å². The van der Waals surface area contributed by atoms with Crippen molar-refractivity contribution < 1.29 is 18.7 Å². The third-order valence-electron chi connectivity index (χ3n) is 4.06. The van der Waals surface area contributed by atoms with E-state index in [1.54, 1.807) is 18.2 Å². The lowest BCUT2D eigenvalue weighted by Crippen LogP contribution is -2.39. The zero-order chi connectivity index (χ0) is 20.4. The second-order valence-corrected chi connectivity index (χ2v) is 6.06. The van der Waals surface area contributed by atoms with Crippen molar-refractivity contribution in [1.82, 2.24) is 10.2 Å². The van der Waals surface area contributed by atoms with Gasteiger partial charge in [-0.2, -0.15) is 0 Å². The minimum Gasteiger partial charge on any atom is -0.493 e. The summed E-state index contributed by atoms with van der Waals surface area (Å²) in [5.41, 5.74) is 1.59. The van der Waals surface area contributed by atoms with Crippen LogP contribution in [-0.2, 0) is 16.1 Å². The number of carbonyl (C=O) groups is 2. The summed E-state index contributed by atoms with van der Waals surface area (Å²) in [5.74, 6) is -0.155. The van der Waals surface area contributed by atoms with Gasteiger partial charge in [-0.05, 0) is 43.7 Å². The average molecular weight is 384 g/mol. The Morgan fingerprint density at radius 1 is 1.11 bits per heavy atom. The molecule has 6 heteroatoms. The average Bonchev–Trinajstić information content (AvgIpc) is 2.71. The molecular formula is C22H25FN2O3. The van der Waals surface area contributed by atoms with Crippen molar-refractivity contribution in [3.8, 4) is 5.75 Å². The van der Waals surface area contributed by atoms with Crippen LogP contribution in [0.25, 0.3) is 6.08 Å². The van der Waals surface area contributed by atoms with E-state index in [-0.39, 0.29) is 30.7 Å². The molecule has 0 saturated heterocycles. The SMILES string of the molecule is CCOc1ccccc1/C=C/C(=O)N(CC)CC(=O)NCc1ccc(F)cc1. The van der Waals surface area contributed by atoms with Gasteiger partial charge in [0.25, 0.3) is 0 Å². The zero-order valence-corrected chi connectivity index (χ0v) is 16.2. The van der Waals surface area contributed by atoms with Gasteiger partial charge in [0.15, 0.2) is 0 Å². The summed E-state index contributed by atoms with van der Waals surface area (Å²) in [7, 11) is 0. The van der Waals surface area contributed by atoms with E-state index in [0.29, 0.717) is 18.9 Å². The van der Waals surface area contributed by atoms with Crippen molar-refractivity contribution >= 4 is 17.9 Å². The maximum absolute atomic E-state index is 12.9. The van der Waals surface area contributed by atoms with E-state index in [1.165, 1.54) is 23.1 Å². The number of hydrogen-bond acceptors (Lipinski definition) is 3. The molecule has 0 radical (unpaired) electrons. The van der Waals surface area contributed by atoms with Gasteiger partial charge in [-0.15, -0.1) is 0 Å². The number of halogens is 1. The standard InChI is InChI=1S/C22H25FN2O3/c1-3-25(16-21(26)24-15-17-9-12-19(23)13-10-17)22(27)14-11-18-7-5-6-8-20(18)28-4-2/h5-14H,3-4,15-16H2,1-2H3,(H,24,26)/b14-11+. The van der Waals surface area contributed by atoms with Crippen LogP contribution in [0.15, 0.2) is 54.6 Å². The molecule has 0 spiro atoms. The number of amides is 2. The highest BCUT2D eigenvalue weighted by Crippen LogP contribution is 2.19. The molecular weight excluding hydrogens is 359 g/mol. The van der Waals surface area contributed by atoms with Gasteiger partial charge in [0.1, 0.15) is 11.6 Å². The van der Waals surface area contributed by atoms with Crippen LogP contribution in [0, 0.1) is 5.82 Å². The fourth-order valence-corrected chi connectivity index (χ4v) is 2.55. The van der Waals surface area contributed by atoms with Crippen molar-refractivity contribution in [2.45, 2.75) is 20.4 Å². The molecule has 2 rings (SSSR count). The largest absolute Gasteiger partial charge is 0.493 e. The first kappa shape index (κ1) is 21.2. The molecule has 0 bridgehead atoms. The summed E-state index contributed by atoms with van der Waals surface area (Å²) in [6, 6.07) is 13.3. The first-order chi connectivity index (χ1) is 13.5. The maximum Gasteiger partial charge on any atom is 0.247 e. The zero-order valence-electron chi connectivity index (χ0n) is 16.2. The number of nitrogens with one attached hydrogen (secondary N) is 1. The molecule has 0 aromatic heterocycles. The molecule has 0 fully saturated rings. The number of likely N-dealkylation sites (N-methyl/N-ethyl adjacent to an activating group) is 1. The molecule has 28 heavy (non-hydrogen) atoms. The molecule has 148 valence electrons. The van der Waals surface area contributed by atoms with Crippen molar-refractivity contribution in [2.75, 3.05) is 19.7 Å². The maximum atomic E-state index is 12.9. The topological polar surface area (TPSA) is 58.6 Å². The van der Waals surface area contributed by atoms with E-state index in [1.807, 2.05) is 38.1 Å². The third kappa shape index (κ3) is 6.54. The van der Waals surface area contributed by atoms with Crippen LogP contribution in [0.4, 0.5) is 4.39 Å². The van der Waals surface area contributed by atoms with Gasteiger partial charge in [-0.3, -0.25) is 9.59 Å². The van der Waals surface area contributed by atoms with Gasteiger partial charge in [0.2, 0.25) is 11.8 Å².